The highest BCUT2D eigenvalue weighted by atomic mass is 16.5. The largest absolute Gasteiger partial charge is 0.463 e. The van der Waals surface area contributed by atoms with E-state index in [2.05, 4.69) is 5.32 Å². The van der Waals surface area contributed by atoms with Crippen LogP contribution in [0.5, 0.6) is 0 Å². The fourth-order valence-electron chi connectivity index (χ4n) is 2.81. The molecule has 0 saturated heterocycles. The number of rotatable bonds is 5. The topological polar surface area (TPSA) is 72.5 Å². The van der Waals surface area contributed by atoms with E-state index in [1.165, 1.54) is 6.08 Å². The summed E-state index contributed by atoms with van der Waals surface area (Å²) in [5.74, 6) is -0.752. The maximum absolute atomic E-state index is 12.8. The molecule has 5 nitrogen and oxygen atoms in total. The molecular formula is C20H17NO4. The highest BCUT2D eigenvalue weighted by Crippen LogP contribution is 2.31. The number of hydrogen-bond donors (Lipinski definition) is 1. The summed E-state index contributed by atoms with van der Waals surface area (Å²) in [5, 5.41) is 3.08. The minimum absolute atomic E-state index is 0.157. The van der Waals surface area contributed by atoms with E-state index in [1.54, 1.807) is 55.5 Å². The average molecular weight is 335 g/mol. The molecule has 25 heavy (non-hydrogen) atoms. The van der Waals surface area contributed by atoms with E-state index in [0.717, 1.165) is 0 Å². The summed E-state index contributed by atoms with van der Waals surface area (Å²) in [4.78, 5) is 36.7. The Hall–Kier alpha value is -3.21. The summed E-state index contributed by atoms with van der Waals surface area (Å²) >= 11 is 0. The van der Waals surface area contributed by atoms with Crippen LogP contribution in [-0.4, -0.2) is 30.7 Å². The van der Waals surface area contributed by atoms with Crippen molar-refractivity contribution in [3.63, 3.8) is 0 Å². The molecule has 2 aromatic rings. The van der Waals surface area contributed by atoms with Gasteiger partial charge in [0.1, 0.15) is 0 Å². The van der Waals surface area contributed by atoms with Gasteiger partial charge in [-0.1, -0.05) is 42.5 Å². The number of benzene rings is 2. The molecule has 1 aliphatic rings. The molecule has 0 fully saturated rings. The van der Waals surface area contributed by atoms with Crippen LogP contribution in [0.1, 0.15) is 38.8 Å². The van der Waals surface area contributed by atoms with Crippen LogP contribution in [0.2, 0.25) is 0 Å². The van der Waals surface area contributed by atoms with Gasteiger partial charge in [-0.3, -0.25) is 9.59 Å². The van der Waals surface area contributed by atoms with Crippen LogP contribution in [0.15, 0.2) is 54.6 Å². The number of hydrogen-bond acceptors (Lipinski definition) is 5. The van der Waals surface area contributed by atoms with E-state index < -0.39 is 5.97 Å². The summed E-state index contributed by atoms with van der Waals surface area (Å²) in [6, 6.07) is 12.0. The zero-order chi connectivity index (χ0) is 17.8. The quantitative estimate of drug-likeness (QED) is 0.573. The molecule has 0 amide bonds. The second kappa shape index (κ2) is 7.13. The number of nitrogens with one attached hydrogen (secondary N) is 1. The van der Waals surface area contributed by atoms with E-state index in [4.69, 9.17) is 4.74 Å². The molecule has 2 aromatic carbocycles. The SMILES string of the molecule is CCOC(=O)/C=C/CNc1cccc2c1C(=O)c1ccccc1C2=O. The summed E-state index contributed by atoms with van der Waals surface area (Å²) in [5.41, 5.74) is 2.17. The number of anilines is 1. The molecule has 0 bridgehead atoms. The van der Waals surface area contributed by atoms with Crippen LogP contribution >= 0.6 is 0 Å². The first-order valence-corrected chi connectivity index (χ1v) is 8.02. The monoisotopic (exact) mass is 335 g/mol. The van der Waals surface area contributed by atoms with E-state index in [1.807, 2.05) is 0 Å². The van der Waals surface area contributed by atoms with Gasteiger partial charge in [-0.05, 0) is 13.0 Å². The van der Waals surface area contributed by atoms with Crippen LogP contribution in [-0.2, 0) is 9.53 Å². The smallest absolute Gasteiger partial charge is 0.330 e. The molecule has 0 atom stereocenters. The maximum atomic E-state index is 12.8. The zero-order valence-corrected chi connectivity index (χ0v) is 13.7. The predicted molar refractivity (Wildman–Crippen MR) is 94.0 cm³/mol. The second-order valence-corrected chi connectivity index (χ2v) is 5.47. The highest BCUT2D eigenvalue weighted by Gasteiger charge is 2.31. The number of ether oxygens (including phenoxy) is 1. The Balaban J connectivity index is 1.86. The van der Waals surface area contributed by atoms with E-state index >= 15 is 0 Å². The van der Waals surface area contributed by atoms with Crippen molar-refractivity contribution in [1.82, 2.24) is 0 Å². The lowest BCUT2D eigenvalue weighted by atomic mass is 9.83. The van der Waals surface area contributed by atoms with Gasteiger partial charge in [0.15, 0.2) is 11.6 Å². The van der Waals surface area contributed by atoms with Gasteiger partial charge in [0, 0.05) is 35.0 Å². The Bertz CT molecular complexity index is 883. The number of fused-ring (bicyclic) bond motifs is 2. The number of carbonyl (C=O) groups is 3. The zero-order valence-electron chi connectivity index (χ0n) is 13.7. The molecule has 0 saturated carbocycles. The van der Waals surface area contributed by atoms with E-state index in [9.17, 15) is 14.4 Å². The Kier molecular flexibility index (Phi) is 4.75. The Labute approximate surface area is 145 Å². The molecule has 126 valence electrons. The van der Waals surface area contributed by atoms with Gasteiger partial charge >= 0.3 is 5.97 Å². The molecule has 0 heterocycles. The summed E-state index contributed by atoms with van der Waals surface area (Å²) in [7, 11) is 0. The van der Waals surface area contributed by atoms with Gasteiger partial charge in [-0.15, -0.1) is 0 Å². The molecule has 0 spiro atoms. The van der Waals surface area contributed by atoms with Crippen molar-refractivity contribution in [2.24, 2.45) is 0 Å². The lowest BCUT2D eigenvalue weighted by Gasteiger charge is -2.20. The van der Waals surface area contributed by atoms with Crippen LogP contribution in [0.4, 0.5) is 5.69 Å². The van der Waals surface area contributed by atoms with Gasteiger partial charge in [0.25, 0.3) is 0 Å². The van der Waals surface area contributed by atoms with E-state index in [-0.39, 0.29) is 11.6 Å². The molecule has 5 heteroatoms. The number of carbonyl (C=O) groups excluding carboxylic acids is 3. The van der Waals surface area contributed by atoms with Crippen molar-refractivity contribution in [3.05, 3.63) is 76.9 Å². The normalized spacial score (nSPS) is 12.7. The van der Waals surface area contributed by atoms with Gasteiger partial charge in [0.05, 0.1) is 12.2 Å². The number of ketones is 2. The molecule has 0 aliphatic heterocycles. The lowest BCUT2D eigenvalue weighted by molar-refractivity contribution is -0.137. The van der Waals surface area contributed by atoms with Gasteiger partial charge < -0.3 is 10.1 Å². The Morgan fingerprint density at radius 3 is 2.40 bits per heavy atom. The van der Waals surface area contributed by atoms with Crippen molar-refractivity contribution in [3.8, 4) is 0 Å². The summed E-state index contributed by atoms with van der Waals surface area (Å²) in [6.45, 7) is 2.39. The fourth-order valence-corrected chi connectivity index (χ4v) is 2.81. The minimum atomic E-state index is -0.417. The molecule has 0 unspecified atom stereocenters. The third-order valence-electron chi connectivity index (χ3n) is 3.90. The summed E-state index contributed by atoms with van der Waals surface area (Å²) in [6.07, 6.45) is 2.94. The first kappa shape index (κ1) is 16.6. The van der Waals surface area contributed by atoms with E-state index in [0.29, 0.717) is 41.1 Å². The second-order valence-electron chi connectivity index (χ2n) is 5.47. The molecule has 1 aliphatic carbocycles. The van der Waals surface area contributed by atoms with Gasteiger partial charge in [0.2, 0.25) is 0 Å². The van der Waals surface area contributed by atoms with Crippen molar-refractivity contribution < 1.29 is 19.1 Å². The Morgan fingerprint density at radius 2 is 1.68 bits per heavy atom. The molecule has 3 rings (SSSR count). The van der Waals surface area contributed by atoms with Crippen LogP contribution in [0.3, 0.4) is 0 Å². The van der Waals surface area contributed by atoms with Crippen LogP contribution in [0, 0.1) is 0 Å². The third kappa shape index (κ3) is 3.21. The van der Waals surface area contributed by atoms with Crippen molar-refractivity contribution >= 4 is 23.2 Å². The highest BCUT2D eigenvalue weighted by molar-refractivity contribution is 6.30. The first-order valence-electron chi connectivity index (χ1n) is 8.02. The predicted octanol–water partition coefficient (Wildman–Crippen LogP) is 2.99. The fraction of sp³-hybridized carbons (Fsp3) is 0.150. The Morgan fingerprint density at radius 1 is 1.00 bits per heavy atom. The van der Waals surface area contributed by atoms with Crippen LogP contribution < -0.4 is 5.32 Å². The number of esters is 1. The van der Waals surface area contributed by atoms with Gasteiger partial charge in [-0.25, -0.2) is 4.79 Å². The van der Waals surface area contributed by atoms with Crippen molar-refractivity contribution in [2.75, 3.05) is 18.5 Å². The molecule has 0 aromatic heterocycles. The third-order valence-corrected chi connectivity index (χ3v) is 3.90. The average Bonchev–Trinajstić information content (AvgIpc) is 2.63. The van der Waals surface area contributed by atoms with Crippen LogP contribution in [0.25, 0.3) is 0 Å². The van der Waals surface area contributed by atoms with Crippen molar-refractivity contribution in [2.45, 2.75) is 6.92 Å². The standard InChI is InChI=1S/C20H17NO4/c1-2-25-17(22)11-6-12-21-16-10-5-9-15-18(16)20(24)14-8-4-3-7-13(14)19(15)23/h3-11,21H,2,12H2,1H3/b11-6+. The minimum Gasteiger partial charge on any atom is -0.463 e. The maximum Gasteiger partial charge on any atom is 0.330 e. The van der Waals surface area contributed by atoms with Crippen molar-refractivity contribution in [1.29, 1.82) is 0 Å². The first-order chi connectivity index (χ1) is 12.1. The van der Waals surface area contributed by atoms with Gasteiger partial charge in [-0.2, -0.15) is 0 Å². The summed E-state index contributed by atoms with van der Waals surface area (Å²) < 4.78 is 4.80. The molecule has 0 radical (unpaired) electrons. The molecule has 1 N–H and O–H groups in total. The molecular weight excluding hydrogens is 318 g/mol. The lowest BCUT2D eigenvalue weighted by Crippen LogP contribution is -2.22.